The van der Waals surface area contributed by atoms with Crippen molar-refractivity contribution in [2.24, 2.45) is 11.7 Å². The second-order valence-electron chi connectivity index (χ2n) is 5.70. The number of benzene rings is 1. The van der Waals surface area contributed by atoms with Gasteiger partial charge in [0.2, 0.25) is 0 Å². The molecule has 2 aromatic rings. The zero-order valence-corrected chi connectivity index (χ0v) is 12.7. The smallest absolute Gasteiger partial charge is 0.0705 e. The third-order valence-corrected chi connectivity index (χ3v) is 4.03. The van der Waals surface area contributed by atoms with Gasteiger partial charge < -0.3 is 5.73 Å². The molecule has 0 aliphatic heterocycles. The molecule has 108 valence electrons. The number of hydrogen-bond acceptors (Lipinski definition) is 2. The average molecular weight is 270 g/mol. The van der Waals surface area contributed by atoms with Crippen LogP contribution in [0.4, 0.5) is 0 Å². The van der Waals surface area contributed by atoms with E-state index in [-0.39, 0.29) is 6.04 Å². The minimum atomic E-state index is 0.226. The lowest BCUT2D eigenvalue weighted by Crippen LogP contribution is -2.32. The predicted molar refractivity (Wildman–Crippen MR) is 86.7 cm³/mol. The first-order chi connectivity index (χ1) is 9.74. The Labute approximate surface area is 122 Å². The van der Waals surface area contributed by atoms with Gasteiger partial charge in [0.15, 0.2) is 0 Å². The summed E-state index contributed by atoms with van der Waals surface area (Å²) in [6.45, 7) is 4.48. The van der Waals surface area contributed by atoms with Gasteiger partial charge in [-0.1, -0.05) is 51.0 Å². The maximum absolute atomic E-state index is 6.43. The molecule has 2 rings (SSSR count). The van der Waals surface area contributed by atoms with Crippen LogP contribution in [0.25, 0.3) is 10.9 Å². The number of rotatable bonds is 7. The minimum absolute atomic E-state index is 0.226. The van der Waals surface area contributed by atoms with E-state index in [1.54, 1.807) is 0 Å². The van der Waals surface area contributed by atoms with Gasteiger partial charge in [-0.2, -0.15) is 0 Å². The fourth-order valence-electron chi connectivity index (χ4n) is 2.94. The zero-order chi connectivity index (χ0) is 14.4. The first-order valence-electron chi connectivity index (χ1n) is 7.84. The Morgan fingerprint density at radius 2 is 1.70 bits per heavy atom. The lowest BCUT2D eigenvalue weighted by atomic mass is 9.88. The van der Waals surface area contributed by atoms with Crippen LogP contribution in [0.2, 0.25) is 0 Å². The van der Waals surface area contributed by atoms with Crippen LogP contribution in [-0.4, -0.2) is 11.0 Å². The van der Waals surface area contributed by atoms with Crippen LogP contribution < -0.4 is 5.73 Å². The minimum Gasteiger partial charge on any atom is -0.327 e. The number of nitrogens with zero attached hydrogens (tertiary/aromatic N) is 1. The summed E-state index contributed by atoms with van der Waals surface area (Å²) in [5.74, 6) is 0.623. The molecule has 1 aromatic carbocycles. The molecule has 2 N–H and O–H groups in total. The van der Waals surface area contributed by atoms with Gasteiger partial charge in [0.1, 0.15) is 0 Å². The van der Waals surface area contributed by atoms with Gasteiger partial charge in [0.25, 0.3) is 0 Å². The topological polar surface area (TPSA) is 38.9 Å². The molecule has 0 amide bonds. The molecule has 0 saturated carbocycles. The molecule has 2 heteroatoms. The van der Waals surface area contributed by atoms with Crippen molar-refractivity contribution < 1.29 is 0 Å². The van der Waals surface area contributed by atoms with E-state index in [0.717, 1.165) is 17.6 Å². The molecular formula is C18H26N2. The molecule has 2 nitrogen and oxygen atoms in total. The second-order valence-corrected chi connectivity index (χ2v) is 5.70. The van der Waals surface area contributed by atoms with Crippen LogP contribution in [-0.2, 0) is 6.42 Å². The fraction of sp³-hybridized carbons (Fsp3) is 0.500. The zero-order valence-electron chi connectivity index (χ0n) is 12.7. The van der Waals surface area contributed by atoms with E-state index in [1.165, 1.54) is 31.1 Å². The van der Waals surface area contributed by atoms with E-state index in [0.29, 0.717) is 5.92 Å². The van der Waals surface area contributed by atoms with Gasteiger partial charge in [-0.05, 0) is 30.9 Å². The Morgan fingerprint density at radius 3 is 2.40 bits per heavy atom. The van der Waals surface area contributed by atoms with Crippen molar-refractivity contribution >= 4 is 10.9 Å². The molecular weight excluding hydrogens is 244 g/mol. The number of pyridine rings is 1. The van der Waals surface area contributed by atoms with Crippen LogP contribution in [0.1, 0.15) is 45.2 Å². The molecule has 0 saturated heterocycles. The monoisotopic (exact) mass is 270 g/mol. The molecule has 0 fully saturated rings. The first-order valence-corrected chi connectivity index (χ1v) is 7.84. The van der Waals surface area contributed by atoms with Crippen LogP contribution in [0, 0.1) is 5.92 Å². The number of aromatic nitrogens is 1. The quantitative estimate of drug-likeness (QED) is 0.813. The molecule has 20 heavy (non-hydrogen) atoms. The lowest BCUT2D eigenvalue weighted by molar-refractivity contribution is 0.358. The van der Waals surface area contributed by atoms with E-state index in [4.69, 9.17) is 10.7 Å². The summed E-state index contributed by atoms with van der Waals surface area (Å²) in [5, 5.41) is 1.20. The molecule has 0 bridgehead atoms. The van der Waals surface area contributed by atoms with Crippen molar-refractivity contribution in [1.29, 1.82) is 0 Å². The maximum Gasteiger partial charge on any atom is 0.0705 e. The highest BCUT2D eigenvalue weighted by molar-refractivity contribution is 5.78. The second kappa shape index (κ2) is 7.39. The third kappa shape index (κ3) is 3.80. The van der Waals surface area contributed by atoms with E-state index in [2.05, 4.69) is 38.1 Å². The number of fused-ring (bicyclic) bond motifs is 1. The van der Waals surface area contributed by atoms with Crippen LogP contribution in [0.5, 0.6) is 0 Å². The normalized spacial score (nSPS) is 13.0. The number of para-hydroxylation sites is 1. The van der Waals surface area contributed by atoms with Crippen molar-refractivity contribution in [1.82, 2.24) is 4.98 Å². The summed E-state index contributed by atoms with van der Waals surface area (Å²) >= 11 is 0. The highest BCUT2D eigenvalue weighted by Crippen LogP contribution is 2.20. The number of hydrogen-bond donors (Lipinski definition) is 1. The maximum atomic E-state index is 6.43. The van der Waals surface area contributed by atoms with E-state index < -0.39 is 0 Å². The highest BCUT2D eigenvalue weighted by atomic mass is 14.7. The Morgan fingerprint density at radius 1 is 1.00 bits per heavy atom. The highest BCUT2D eigenvalue weighted by Gasteiger charge is 2.17. The van der Waals surface area contributed by atoms with Crippen LogP contribution >= 0.6 is 0 Å². The van der Waals surface area contributed by atoms with Crippen LogP contribution in [0.15, 0.2) is 36.4 Å². The number of nitrogens with two attached hydrogens (primary N) is 1. The summed E-state index contributed by atoms with van der Waals surface area (Å²) in [7, 11) is 0. The average Bonchev–Trinajstić information content (AvgIpc) is 2.47. The molecule has 0 spiro atoms. The van der Waals surface area contributed by atoms with Gasteiger partial charge >= 0.3 is 0 Å². The predicted octanol–water partition coefficient (Wildman–Crippen LogP) is 4.32. The Kier molecular flexibility index (Phi) is 5.54. The Bertz CT molecular complexity index is 530. The van der Waals surface area contributed by atoms with Gasteiger partial charge in [-0.3, -0.25) is 4.98 Å². The lowest BCUT2D eigenvalue weighted by Gasteiger charge is -2.23. The first kappa shape index (κ1) is 15.0. The van der Waals surface area contributed by atoms with Gasteiger partial charge in [0, 0.05) is 23.5 Å². The van der Waals surface area contributed by atoms with Crippen molar-refractivity contribution in [3.05, 3.63) is 42.1 Å². The molecule has 1 heterocycles. The van der Waals surface area contributed by atoms with E-state index >= 15 is 0 Å². The van der Waals surface area contributed by atoms with Gasteiger partial charge in [0.05, 0.1) is 5.52 Å². The third-order valence-electron chi connectivity index (χ3n) is 4.03. The van der Waals surface area contributed by atoms with Crippen molar-refractivity contribution in [3.8, 4) is 0 Å². The molecule has 1 atom stereocenters. The molecule has 0 aliphatic carbocycles. The molecule has 1 aromatic heterocycles. The molecule has 1 unspecified atom stereocenters. The van der Waals surface area contributed by atoms with Crippen molar-refractivity contribution in [2.75, 3.05) is 0 Å². The van der Waals surface area contributed by atoms with E-state index in [9.17, 15) is 0 Å². The standard InChI is InChI=1S/C18H26N2/c1-3-7-14(8-4-2)17(19)13-16-12-11-15-9-5-6-10-18(15)20-16/h5-6,9-12,14,17H,3-4,7-8,13,19H2,1-2H3. The Hall–Kier alpha value is -1.41. The summed E-state index contributed by atoms with van der Waals surface area (Å²) < 4.78 is 0. The largest absolute Gasteiger partial charge is 0.327 e. The summed E-state index contributed by atoms with van der Waals surface area (Å²) in [4.78, 5) is 4.74. The van der Waals surface area contributed by atoms with Crippen LogP contribution in [0.3, 0.4) is 0 Å². The summed E-state index contributed by atoms with van der Waals surface area (Å²) in [5.41, 5.74) is 8.61. The van der Waals surface area contributed by atoms with E-state index in [1.807, 2.05) is 12.1 Å². The SMILES string of the molecule is CCCC(CCC)C(N)Cc1ccc2ccccc2n1. The van der Waals surface area contributed by atoms with Crippen molar-refractivity contribution in [2.45, 2.75) is 52.0 Å². The summed E-state index contributed by atoms with van der Waals surface area (Å²) in [6, 6.07) is 12.8. The van der Waals surface area contributed by atoms with Crippen molar-refractivity contribution in [3.63, 3.8) is 0 Å². The van der Waals surface area contributed by atoms with Gasteiger partial charge in [-0.25, -0.2) is 0 Å². The van der Waals surface area contributed by atoms with Gasteiger partial charge in [-0.15, -0.1) is 0 Å². The molecule has 0 aliphatic rings. The molecule has 0 radical (unpaired) electrons. The Balaban J connectivity index is 2.09. The fourth-order valence-corrected chi connectivity index (χ4v) is 2.94. The summed E-state index contributed by atoms with van der Waals surface area (Å²) in [6.07, 6.45) is 5.76.